The number of nitrogens with two attached hydrogens (primary N) is 4. The van der Waals surface area contributed by atoms with Gasteiger partial charge in [0.25, 0.3) is 5.91 Å². The smallest absolute Gasteiger partial charge is 0.335 e. The first kappa shape index (κ1) is 97.1. The van der Waals surface area contributed by atoms with E-state index >= 15 is 0 Å². The molecule has 25 nitrogen and oxygen atoms in total. The average Bonchev–Trinajstić information content (AvgIpc) is 1.66. The van der Waals surface area contributed by atoms with E-state index in [0.29, 0.717) is 112 Å². The van der Waals surface area contributed by atoms with Crippen molar-refractivity contribution in [2.75, 3.05) is 164 Å². The van der Waals surface area contributed by atoms with Crippen LogP contribution in [0.5, 0.6) is 28.7 Å². The number of nitrogen functional groups attached to an aromatic ring is 4. The van der Waals surface area contributed by atoms with Gasteiger partial charge in [0, 0.05) is 100 Å². The van der Waals surface area contributed by atoms with E-state index in [1.54, 1.807) is 62.4 Å². The lowest BCUT2D eigenvalue weighted by Crippen LogP contribution is -2.17. The number of H-pyrrole nitrogens is 2. The molecule has 0 radical (unpaired) electrons. The molecule has 0 saturated heterocycles. The number of fused-ring (bicyclic) bond motifs is 2. The normalized spacial score (nSPS) is 11.0. The zero-order chi connectivity index (χ0) is 88.9. The number of nitrogens with zero attached hydrogens (tertiary/aromatic N) is 7. The van der Waals surface area contributed by atoms with Crippen LogP contribution in [0.2, 0.25) is 0 Å². The second-order valence-electron chi connectivity index (χ2n) is 31.4. The number of ether oxygens (including phenoxy) is 5. The summed E-state index contributed by atoms with van der Waals surface area (Å²) in [5.41, 5.74) is 41.3. The van der Waals surface area contributed by atoms with Gasteiger partial charge in [-0.3, -0.25) is 9.59 Å². The number of aromatic carboxylic acids is 2. The maximum absolute atomic E-state index is 13.4. The van der Waals surface area contributed by atoms with E-state index in [1.165, 1.54) is 32.2 Å². The van der Waals surface area contributed by atoms with Crippen LogP contribution in [0.3, 0.4) is 0 Å². The number of amides is 1. The largest absolute Gasteiger partial charge is 0.494 e. The monoisotopic (exact) mass is 1780 g/mol. The van der Waals surface area contributed by atoms with Crippen molar-refractivity contribution in [1.82, 2.24) is 44.4 Å². The third kappa shape index (κ3) is 30.9. The average molecular weight is 1780 g/mol. The number of carboxylic acid groups (broad SMARTS) is 2. The summed E-state index contributed by atoms with van der Waals surface area (Å²) in [6.07, 6.45) is 4.88. The molecule has 0 atom stereocenters. The summed E-state index contributed by atoms with van der Waals surface area (Å²) >= 11 is 6.92. The van der Waals surface area contributed by atoms with Crippen LogP contribution in [0.25, 0.3) is 44.8 Å². The Morgan fingerprint density at radius 2 is 0.702 bits per heavy atom. The summed E-state index contributed by atoms with van der Waals surface area (Å²) < 4.78 is 31.5. The molecule has 0 unspecified atom stereocenters. The molecule has 27 heteroatoms. The van der Waals surface area contributed by atoms with Crippen molar-refractivity contribution < 1.29 is 53.1 Å². The van der Waals surface area contributed by atoms with Gasteiger partial charge in [-0.05, 0) is 323 Å². The SMILES string of the molecule is CN(C)CCCOc1ccc(N)c(N)c1.Cc1cc(-c2nc3ccc(OCCCN(C)C)cc3[nH]2)c(C)cc1-c1nc2ccc(OCCCN(C)C)cc2[nH]1.Cc1cc(Br)c(C)cc1Br.Cc1cc(C(=O)Nc2cc(OCCCN(C)C)ccc2N)c(C)cc1C(=O)Cc1cc(OCCCN(C)C)ccc1N.Cc1cc(C(=O)O)c(C)cc1C(=O)O. The zero-order valence-corrected chi connectivity index (χ0v) is 76.5. The molecule has 121 heavy (non-hydrogen) atoms. The molecule has 0 aliphatic rings. The molecule has 9 aromatic carbocycles. The number of carboxylic acids is 2. The molecule has 11 aromatic rings. The van der Waals surface area contributed by atoms with E-state index in [9.17, 15) is 19.2 Å². The lowest BCUT2D eigenvalue weighted by molar-refractivity contribution is 0.0679. The van der Waals surface area contributed by atoms with Crippen LogP contribution in [0.4, 0.5) is 28.4 Å². The topological polar surface area (TPSA) is 345 Å². The van der Waals surface area contributed by atoms with Gasteiger partial charge in [-0.15, -0.1) is 0 Å². The van der Waals surface area contributed by atoms with E-state index in [1.807, 2.05) is 111 Å². The molecule has 0 saturated carbocycles. The first-order chi connectivity index (χ1) is 57.3. The lowest BCUT2D eigenvalue weighted by atomic mass is 9.93. The van der Waals surface area contributed by atoms with Crippen LogP contribution < -0.4 is 51.9 Å². The minimum absolute atomic E-state index is 0.0811. The second-order valence-corrected chi connectivity index (χ2v) is 33.1. The van der Waals surface area contributed by atoms with Gasteiger partial charge in [0.05, 0.1) is 89.0 Å². The molecule has 0 spiro atoms. The molecule has 13 N–H and O–H groups in total. The summed E-state index contributed by atoms with van der Waals surface area (Å²) in [6, 6.07) is 42.9. The summed E-state index contributed by atoms with van der Waals surface area (Å²) in [5.74, 6) is 3.05. The summed E-state index contributed by atoms with van der Waals surface area (Å²) in [5, 5.41) is 20.4. The zero-order valence-electron chi connectivity index (χ0n) is 73.4. The number of benzene rings is 9. The van der Waals surface area contributed by atoms with Crippen molar-refractivity contribution in [3.63, 3.8) is 0 Å². The number of aryl methyl sites for hydroxylation is 8. The summed E-state index contributed by atoms with van der Waals surface area (Å²) in [7, 11) is 20.5. The molecular weight excluding hydrogens is 1660 g/mol. The number of halogens is 2. The van der Waals surface area contributed by atoms with Crippen molar-refractivity contribution in [2.45, 2.75) is 93.9 Å². The molecule has 0 bridgehead atoms. The van der Waals surface area contributed by atoms with Gasteiger partial charge in [0.15, 0.2) is 5.78 Å². The van der Waals surface area contributed by atoms with Gasteiger partial charge in [0.2, 0.25) is 0 Å². The number of carbonyl (C=O) groups is 4. The Labute approximate surface area is 729 Å². The van der Waals surface area contributed by atoms with Crippen LogP contribution in [-0.2, 0) is 6.42 Å². The molecule has 2 aromatic heterocycles. The highest BCUT2D eigenvalue weighted by molar-refractivity contribution is 9.11. The number of nitrogens with one attached hydrogen (secondary N) is 3. The van der Waals surface area contributed by atoms with Crippen molar-refractivity contribution in [3.05, 3.63) is 221 Å². The number of aromatic amines is 2. The number of hydrogen-bond donors (Lipinski definition) is 9. The van der Waals surface area contributed by atoms with Gasteiger partial charge in [-0.25, -0.2) is 19.6 Å². The fourth-order valence-corrected chi connectivity index (χ4v) is 13.6. The first-order valence-corrected chi connectivity index (χ1v) is 41.8. The van der Waals surface area contributed by atoms with Crippen LogP contribution in [-0.4, -0.2) is 215 Å². The maximum Gasteiger partial charge on any atom is 0.335 e. The molecule has 0 aliphatic heterocycles. The Morgan fingerprint density at radius 1 is 0.372 bits per heavy atom. The number of anilines is 5. The summed E-state index contributed by atoms with van der Waals surface area (Å²) in [4.78, 5) is 75.4. The number of rotatable bonds is 34. The van der Waals surface area contributed by atoms with E-state index < -0.39 is 11.9 Å². The Bertz CT molecular complexity index is 5000. The van der Waals surface area contributed by atoms with Crippen molar-refractivity contribution in [3.8, 4) is 51.5 Å². The van der Waals surface area contributed by atoms with Gasteiger partial charge in [-0.1, -0.05) is 31.9 Å². The minimum atomic E-state index is -1.04. The minimum Gasteiger partial charge on any atom is -0.494 e. The Morgan fingerprint density at radius 3 is 1.09 bits per heavy atom. The number of imidazole rings is 2. The van der Waals surface area contributed by atoms with Crippen LogP contribution in [0, 0.1) is 55.4 Å². The molecule has 648 valence electrons. The third-order valence-corrected chi connectivity index (χ3v) is 21.2. The predicted molar refractivity (Wildman–Crippen MR) is 499 cm³/mol. The van der Waals surface area contributed by atoms with Crippen LogP contribution in [0.1, 0.15) is 124 Å². The van der Waals surface area contributed by atoms with Gasteiger partial charge in [0.1, 0.15) is 40.4 Å². The van der Waals surface area contributed by atoms with Crippen molar-refractivity contribution >= 4 is 106 Å². The van der Waals surface area contributed by atoms with E-state index in [2.05, 4.69) is 152 Å². The van der Waals surface area contributed by atoms with Crippen molar-refractivity contribution in [1.29, 1.82) is 0 Å². The number of carbonyl (C=O) groups excluding carboxylic acids is 2. The van der Waals surface area contributed by atoms with Crippen LogP contribution in [0.15, 0.2) is 148 Å². The van der Waals surface area contributed by atoms with Crippen molar-refractivity contribution in [2.24, 2.45) is 0 Å². The molecular formula is C94H122Br2N14O11. The fourth-order valence-electron chi connectivity index (χ4n) is 12.6. The van der Waals surface area contributed by atoms with Crippen LogP contribution >= 0.6 is 31.9 Å². The number of aromatic nitrogens is 4. The van der Waals surface area contributed by atoms with Gasteiger partial charge in [-0.2, -0.15) is 0 Å². The molecule has 11 rings (SSSR count). The summed E-state index contributed by atoms with van der Waals surface area (Å²) in [6.45, 7) is 23.3. The first-order valence-electron chi connectivity index (χ1n) is 40.2. The number of hydrogen-bond acceptors (Lipinski definition) is 20. The number of ketones is 1. The van der Waals surface area contributed by atoms with Gasteiger partial charge >= 0.3 is 11.9 Å². The Balaban J connectivity index is 0.000000232. The Kier molecular flexibility index (Phi) is 37.9. The highest BCUT2D eigenvalue weighted by Crippen LogP contribution is 2.35. The highest BCUT2D eigenvalue weighted by atomic mass is 79.9. The van der Waals surface area contributed by atoms with E-state index in [4.69, 9.17) is 66.8 Å². The maximum atomic E-state index is 13.4. The molecule has 2 heterocycles. The molecule has 1 amide bonds. The second kappa shape index (κ2) is 47.2. The Hall–Kier alpha value is -11.0. The fraction of sp³-hybridized carbons (Fsp3) is 0.362. The van der Waals surface area contributed by atoms with E-state index in [0.717, 1.165) is 138 Å². The highest BCUT2D eigenvalue weighted by Gasteiger charge is 2.21. The third-order valence-electron chi connectivity index (χ3n) is 19.5. The lowest BCUT2D eigenvalue weighted by Gasteiger charge is -2.15. The van der Waals surface area contributed by atoms with Gasteiger partial charge < -0.3 is 96.6 Å². The predicted octanol–water partition coefficient (Wildman–Crippen LogP) is 17.6. The van der Waals surface area contributed by atoms with E-state index in [-0.39, 0.29) is 29.2 Å². The number of Topliss-reactive ketones (excluding diaryl/α,β-unsaturated/α-hetero) is 1. The quantitative estimate of drug-likeness (QED) is 0.0103. The standard InChI is InChI=1S/C33H45N5O4.C32H40N6O2.C11H19N3O.C10H10O4.C8H8Br2/c1-22-18-28(33(40)36-31-21-26(10-12-30(31)35)42-16-8-14-38(5)6)23(2)17-27(22)32(39)20-24-19-25(9-11-29(24)34)41-15-7-13-37(3)4;1-21-17-26(32-34-28-12-10-24(20-30(28)36-32)40-16-8-14-38(5)6)22(2)18-25(21)31-33-27-11-9-23(19-29(27)35-31)39-15-7-13-37(3)4;1-14(2)6-3-7-15-9-4-5-10(12)11(13)8-9;1-5-3-8(10(13)14)6(2)4-7(5)9(11)12;1-5-3-8(10)6(2)4-7(5)9/h9-12,17-19,21H,7-8,13-16,20,34-35H2,1-6H3,(H,36,40);9-12,17-20H,7-8,13-16H2,1-6H3,(H,33,35)(H,34,36);4-5,8H,3,6-7,12-13H2,1-2H3;3-4H,1-2H3,(H,11,12)(H,13,14);3-4H,1-2H3. The molecule has 0 aliphatic carbocycles. The molecule has 0 fully saturated rings.